The maximum atomic E-state index is 6.27. The minimum Gasteiger partial charge on any atom is -0.183 e. The van der Waals surface area contributed by atoms with Gasteiger partial charge in [-0.05, 0) is 106 Å². The summed E-state index contributed by atoms with van der Waals surface area (Å²) in [6, 6.07) is 0. The second-order valence-electron chi connectivity index (χ2n) is 10.9. The van der Waals surface area contributed by atoms with Gasteiger partial charge >= 0.3 is 0 Å². The molecule has 0 fully saturated rings. The van der Waals surface area contributed by atoms with E-state index in [4.69, 9.17) is 5.53 Å². The number of nitrogens with zero attached hydrogens (tertiary/aromatic N) is 120. The zero-order chi connectivity index (χ0) is 87.6. The van der Waals surface area contributed by atoms with Crippen molar-refractivity contribution in [2.45, 2.75) is 0 Å². The molecule has 0 aromatic rings. The first-order chi connectivity index (χ1) is 61.4. The molecule has 1 N–H and O–H groups in total. The summed E-state index contributed by atoms with van der Waals surface area (Å²) in [5.74, 6) is 0. The number of hydrogen-bond acceptors (Lipinski definition) is 2. The van der Waals surface area contributed by atoms with Crippen LogP contribution in [0.25, 0.3) is 0 Å². The third kappa shape index (κ3) is 98.4. The molecular formula is CH2IN121. The number of halogens is 1. The summed E-state index contributed by atoms with van der Waals surface area (Å²) in [4.78, 5) is 0. The summed E-state index contributed by atoms with van der Waals surface area (Å²) in [6.45, 7) is 0. The van der Waals surface area contributed by atoms with Gasteiger partial charge in [-0.25, -0.2) is 0 Å². The summed E-state index contributed by atoms with van der Waals surface area (Å²) < 4.78 is 1.33. The van der Waals surface area contributed by atoms with Crippen molar-refractivity contribution >= 4 is 26.8 Å². The van der Waals surface area contributed by atoms with E-state index in [-0.39, 0.29) is 0 Å². The van der Waals surface area contributed by atoms with Crippen LogP contribution in [0.3, 0.4) is 0 Å². The molecule has 618 valence electrons. The SMILES string of the molecule is N=NN=NN=NN=NN=NN=NN=NN=NN=NN=NN=NN=NN=NN=NN=NN=NN=NN=NN=NN=NN=NN=NN=NN=NN=NN=NN=NN=NN=NN=NN=NN=NN=NN=NN=NN=NN=NN=NN=NN=NN=NN=NN=NN=NN=NN=NN=NN=NN=NN=NN=NN=NN=NN=NN=NN=NN=NN=NN=NN=NN=CI. The molecule has 123 heavy (non-hydrogen) atoms. The smallest absolute Gasteiger partial charge is 0.0897 e. The number of hydrogen-bond donors (Lipinski definition) is 1. The van der Waals surface area contributed by atoms with E-state index in [1.54, 1.807) is 0 Å². The second kappa shape index (κ2) is 98.4. The summed E-state index contributed by atoms with van der Waals surface area (Å²) in [5.41, 5.74) is 6.27. The molecule has 0 aromatic carbocycles. The number of rotatable bonds is 60. The molecule has 0 atom stereocenters. The first kappa shape index (κ1) is 99.4. The van der Waals surface area contributed by atoms with E-state index in [9.17, 15) is 0 Å². The molecule has 0 unspecified atom stereocenters. The van der Waals surface area contributed by atoms with Gasteiger partial charge in [-0.1, -0.05) is 0 Å². The monoisotopic (exact) mass is 1840 g/mol. The quantitative estimate of drug-likeness (QED) is 0.0257. The Kier molecular flexibility index (Phi) is 79.5. The lowest BCUT2D eigenvalue weighted by Crippen LogP contribution is -1.52. The van der Waals surface area contributed by atoms with Gasteiger partial charge in [0, 0.05) is 538 Å². The fourth-order valence-electron chi connectivity index (χ4n) is 2.14. The molecule has 0 spiro atoms. The Hall–Kier alpha value is -23.6. The lowest BCUT2D eigenvalue weighted by molar-refractivity contribution is 0.722. The summed E-state index contributed by atoms with van der Waals surface area (Å²) in [5, 5.41) is 360. The van der Waals surface area contributed by atoms with Crippen molar-refractivity contribution in [2.75, 3.05) is 0 Å². The highest BCUT2D eigenvalue weighted by Crippen LogP contribution is 2.01. The van der Waals surface area contributed by atoms with Crippen LogP contribution in [0.15, 0.2) is 627 Å². The molecule has 0 amide bonds. The molecule has 0 aliphatic rings. The molecule has 0 bridgehead atoms. The van der Waals surface area contributed by atoms with Crippen molar-refractivity contribution in [2.24, 2.45) is 627 Å². The fraction of sp³-hybridized carbons (Fsp3) is 0. The van der Waals surface area contributed by atoms with Crippen LogP contribution in [-0.2, 0) is 0 Å². The lowest BCUT2D eigenvalue weighted by atomic mass is 11.7. The van der Waals surface area contributed by atoms with Crippen molar-refractivity contribution in [3.8, 4) is 0 Å². The average molecular weight is 1840 g/mol. The Labute approximate surface area is 658 Å². The van der Waals surface area contributed by atoms with Crippen molar-refractivity contribution in [1.29, 1.82) is 5.53 Å². The first-order valence-electron chi connectivity index (χ1n) is 24.5. The van der Waals surface area contributed by atoms with Crippen LogP contribution in [-0.4, -0.2) is 4.22 Å². The van der Waals surface area contributed by atoms with Gasteiger partial charge in [0.25, 0.3) is 0 Å². The highest BCUT2D eigenvalue weighted by Gasteiger charge is 1.82. The van der Waals surface area contributed by atoms with Crippen LogP contribution >= 0.6 is 22.6 Å². The van der Waals surface area contributed by atoms with Gasteiger partial charge in [0.05, 0.1) is 4.22 Å². The molecule has 0 aliphatic carbocycles. The lowest BCUT2D eigenvalue weighted by Gasteiger charge is -1.71. The third-order valence-electron chi connectivity index (χ3n) is 4.82. The van der Waals surface area contributed by atoms with Crippen molar-refractivity contribution < 1.29 is 0 Å². The van der Waals surface area contributed by atoms with Crippen molar-refractivity contribution in [3.63, 3.8) is 0 Å². The summed E-state index contributed by atoms with van der Waals surface area (Å²) in [7, 11) is 0. The maximum absolute atomic E-state index is 6.27. The van der Waals surface area contributed by atoms with Crippen LogP contribution < -0.4 is 0 Å². The Bertz CT molecular complexity index is 4520. The first-order valence-corrected chi connectivity index (χ1v) is 25.7. The largest absolute Gasteiger partial charge is 0.183 e. The standard InChI is InChI=1S/CH2IN121/c2-1-4-6-8-10-12-14-16-18-20-22-24-26-28-30-32-34-36-38-40-42-44-46-48-50-52-54-56-58-60-62-64-66-68-70-72-74-76-78-80-82-84-86-88-90-92-94-96-98-100-102-104-106-108-110-112-114-116-118-120-122-123-121-119-117-115-113-111-109-107-105-103-101-99-97-95-93-91-89-87-85-83-81-79-77-75-73-71-69-67-65-63-61-59-57-55-53-51-49-47-45-43-41-39-37-35-33-31-29-27-25-23-21-19-17-15-13-11-9-7-5-3/h1,3H. The van der Waals surface area contributed by atoms with Gasteiger partial charge in [0.1, 0.15) is 0 Å². The van der Waals surface area contributed by atoms with Gasteiger partial charge < -0.3 is 0 Å². The molecule has 0 rings (SSSR count). The number of nitrogens with one attached hydrogen (secondary N) is 1. The van der Waals surface area contributed by atoms with E-state index in [2.05, 4.69) is 627 Å². The second-order valence-corrected chi connectivity index (χ2v) is 11.4. The van der Waals surface area contributed by atoms with Crippen molar-refractivity contribution in [3.05, 3.63) is 0 Å². The van der Waals surface area contributed by atoms with E-state index in [0.29, 0.717) is 0 Å². The molecule has 0 aliphatic heterocycles. The predicted molar refractivity (Wildman–Crippen MR) is 314 cm³/mol. The molecule has 0 heterocycles. The van der Waals surface area contributed by atoms with E-state index in [1.807, 2.05) is 22.6 Å². The highest BCUT2D eigenvalue weighted by atomic mass is 127. The van der Waals surface area contributed by atoms with E-state index in [1.165, 1.54) is 4.22 Å². The predicted octanol–water partition coefficient (Wildman–Crippen LogP) is 23.1. The van der Waals surface area contributed by atoms with Gasteiger partial charge in [0.2, 0.25) is 0 Å². The normalized spacial score (nSPS) is 15.7. The molecular weight excluding hydrogens is 1830 g/mol. The van der Waals surface area contributed by atoms with Crippen molar-refractivity contribution in [1.82, 2.24) is 0 Å². The fourth-order valence-corrected chi connectivity index (χ4v) is 2.25. The van der Waals surface area contributed by atoms with Gasteiger partial charge in [-0.15, -0.1) is 5.10 Å². The van der Waals surface area contributed by atoms with Crippen LogP contribution in [0.4, 0.5) is 0 Å². The topological polar surface area (TPSA) is 1510 Å². The van der Waals surface area contributed by atoms with Crippen LogP contribution in [0, 0.1) is 5.53 Å². The summed E-state index contributed by atoms with van der Waals surface area (Å²) in [6.07, 6.45) is 0. The Morgan fingerprint density at radius 3 is 0.179 bits per heavy atom. The molecule has 0 radical (unpaired) electrons. The van der Waals surface area contributed by atoms with Gasteiger partial charge in [0.15, 0.2) is 0 Å². The Morgan fingerprint density at radius 1 is 0.0813 bits per heavy atom. The van der Waals surface area contributed by atoms with Crippen LogP contribution in [0.1, 0.15) is 0 Å². The molecule has 121 nitrogen and oxygen atoms in total. The zero-order valence-electron chi connectivity index (χ0n) is 55.1. The van der Waals surface area contributed by atoms with Gasteiger partial charge in [-0.3, -0.25) is 0 Å². The zero-order valence-corrected chi connectivity index (χ0v) is 57.3. The Balaban J connectivity index is 4.13. The Morgan fingerprint density at radius 2 is 0.130 bits per heavy atom. The van der Waals surface area contributed by atoms with Crippen LogP contribution in [0.5, 0.6) is 0 Å². The van der Waals surface area contributed by atoms with E-state index in [0.717, 1.165) is 0 Å². The average Bonchev–Trinajstić information content (AvgIpc) is 1.42. The van der Waals surface area contributed by atoms with E-state index < -0.39 is 0 Å². The minimum absolute atomic E-state index is 1.33. The minimum atomic E-state index is 1.33. The third-order valence-corrected chi connectivity index (χ3v) is 5.07. The maximum Gasteiger partial charge on any atom is 0.0897 e. The molecule has 0 aromatic heterocycles. The summed E-state index contributed by atoms with van der Waals surface area (Å²) >= 11 is 1.81. The molecule has 122 heteroatoms. The molecule has 0 saturated carbocycles. The van der Waals surface area contributed by atoms with E-state index >= 15 is 0 Å². The van der Waals surface area contributed by atoms with Crippen LogP contribution in [0.2, 0.25) is 0 Å². The van der Waals surface area contributed by atoms with Gasteiger partial charge in [-0.2, -0.15) is 5.53 Å². The highest BCUT2D eigenvalue weighted by molar-refractivity contribution is 14.1. The molecule has 0 saturated heterocycles.